The minimum atomic E-state index is 0. The van der Waals surface area contributed by atoms with Gasteiger partial charge in [0.15, 0.2) is 0 Å². The van der Waals surface area contributed by atoms with Crippen LogP contribution >= 0.6 is 17.2 Å². The SMILES string of the molecule is C[PH2+]C.C[PH2+]C.C[Si](C)C.C[Si](C)C.C[Si](C)C.C[Si](C)C.[In].[In]. The number of rotatable bonds is 0. The Hall–Kier alpha value is 3.47. The van der Waals surface area contributed by atoms with Crippen molar-refractivity contribution in [3.05, 3.63) is 0 Å². The Balaban J connectivity index is -0.0000000211. The molecule has 8 heteroatoms. The molecule has 0 saturated carbocycles. The van der Waals surface area contributed by atoms with Gasteiger partial charge in [-0.25, -0.2) is 0 Å². The molecule has 0 bridgehead atoms. The Morgan fingerprint density at radius 1 is 0.333 bits per heavy atom. The fourth-order valence-electron chi connectivity index (χ4n) is 0. The van der Waals surface area contributed by atoms with E-state index in [1.165, 1.54) is 0 Å². The molecule has 24 heavy (non-hydrogen) atoms. The molecule has 0 aromatic carbocycles. The van der Waals surface area contributed by atoms with E-state index in [2.05, 4.69) is 105 Å². The van der Waals surface area contributed by atoms with E-state index in [9.17, 15) is 0 Å². The van der Waals surface area contributed by atoms with Crippen LogP contribution in [-0.4, -0.2) is 114 Å². The molecule has 0 N–H and O–H groups in total. The van der Waals surface area contributed by atoms with Crippen LogP contribution in [0.5, 0.6) is 0 Å². The molecule has 146 valence electrons. The first-order valence-corrected chi connectivity index (χ1v) is 24.9. The number of hydrogen-bond donors (Lipinski definition) is 0. The molecule has 0 saturated heterocycles. The van der Waals surface area contributed by atoms with Crippen LogP contribution < -0.4 is 0 Å². The van der Waals surface area contributed by atoms with Gasteiger partial charge in [0.2, 0.25) is 0 Å². The second kappa shape index (κ2) is 56.3. The normalized spacial score (nSPS) is 7.50. The van der Waals surface area contributed by atoms with Crippen molar-refractivity contribution in [2.24, 2.45) is 0 Å². The largest absolute Gasteiger partial charge is 0.0715 e. The summed E-state index contributed by atoms with van der Waals surface area (Å²) in [6.45, 7) is 36.1. The fourth-order valence-corrected chi connectivity index (χ4v) is 0. The van der Waals surface area contributed by atoms with E-state index < -0.39 is 0 Å². The van der Waals surface area contributed by atoms with E-state index in [1.54, 1.807) is 0 Å². The maximum atomic E-state index is 2.27. The van der Waals surface area contributed by atoms with Gasteiger partial charge >= 0.3 is 0 Å². The van der Waals surface area contributed by atoms with Crippen molar-refractivity contribution in [3.8, 4) is 0 Å². The van der Waals surface area contributed by atoms with Gasteiger partial charge in [-0.1, -0.05) is 78.6 Å². The third-order valence-electron chi connectivity index (χ3n) is 0. The molecule has 0 rings (SSSR count). The van der Waals surface area contributed by atoms with Crippen LogP contribution in [-0.2, 0) is 0 Å². The Morgan fingerprint density at radius 3 is 0.333 bits per heavy atom. The Bertz CT molecular complexity index is 95.6. The van der Waals surface area contributed by atoms with Crippen molar-refractivity contribution in [2.75, 3.05) is 26.7 Å². The predicted octanol–water partition coefficient (Wildman–Crippen LogP) is 6.03. The van der Waals surface area contributed by atoms with E-state index in [0.29, 0.717) is 0 Å². The van der Waals surface area contributed by atoms with E-state index in [1.807, 2.05) is 0 Å². The average Bonchev–Trinajstić information content (AvgIpc) is 2.13. The molecular formula is C16H52In2P2Si4+2. The molecule has 0 atom stereocenters. The minimum Gasteiger partial charge on any atom is -0.0715 e. The van der Waals surface area contributed by atoms with E-state index in [4.69, 9.17) is 0 Å². The summed E-state index contributed by atoms with van der Waals surface area (Å²) in [6.07, 6.45) is 0. The van der Waals surface area contributed by atoms with Gasteiger partial charge in [0.25, 0.3) is 0 Å². The predicted molar refractivity (Wildman–Crippen MR) is 148 cm³/mol. The molecule has 0 aliphatic rings. The molecular weight excluding hydrogens is 596 g/mol. The molecule has 0 nitrogen and oxygen atoms in total. The summed E-state index contributed by atoms with van der Waals surface area (Å²) in [6, 6.07) is 0. The van der Waals surface area contributed by atoms with Crippen LogP contribution in [0.3, 0.4) is 0 Å². The Kier molecular flexibility index (Phi) is 119. The number of hydrogen-bond acceptors (Lipinski definition) is 0. The van der Waals surface area contributed by atoms with Crippen molar-refractivity contribution in [2.45, 2.75) is 78.6 Å². The zero-order valence-electron chi connectivity index (χ0n) is 20.3. The van der Waals surface area contributed by atoms with Crippen molar-refractivity contribution < 1.29 is 0 Å². The molecule has 0 unspecified atom stereocenters. The van der Waals surface area contributed by atoms with E-state index in [-0.39, 0.29) is 86.9 Å². The van der Waals surface area contributed by atoms with Crippen molar-refractivity contribution in [1.29, 1.82) is 0 Å². The molecule has 0 aromatic rings. The van der Waals surface area contributed by atoms with Gasteiger partial charge in [-0.05, 0) is 17.2 Å². The Morgan fingerprint density at radius 2 is 0.333 bits per heavy atom. The van der Waals surface area contributed by atoms with Gasteiger partial charge in [-0.15, -0.1) is 0 Å². The summed E-state index contributed by atoms with van der Waals surface area (Å²) >= 11 is 0. The molecule has 0 spiro atoms. The van der Waals surface area contributed by atoms with Crippen LogP contribution in [0.25, 0.3) is 0 Å². The quantitative estimate of drug-likeness (QED) is 0.222. The minimum absolute atomic E-state index is 0. The molecule has 0 heterocycles. The summed E-state index contributed by atoms with van der Waals surface area (Å²) in [5.41, 5.74) is 0. The summed E-state index contributed by atoms with van der Waals surface area (Å²) in [7, 11) is 1.98. The molecule has 0 amide bonds. The Labute approximate surface area is 207 Å². The topological polar surface area (TPSA) is 0 Å². The van der Waals surface area contributed by atoms with Gasteiger partial charge in [0.1, 0.15) is 0 Å². The van der Waals surface area contributed by atoms with Gasteiger partial charge in [-0.2, -0.15) is 0 Å². The van der Waals surface area contributed by atoms with Gasteiger partial charge in [0.05, 0.1) is 0 Å². The van der Waals surface area contributed by atoms with E-state index >= 15 is 0 Å². The third-order valence-corrected chi connectivity index (χ3v) is 0. The zero-order chi connectivity index (χ0) is 19.7. The van der Waals surface area contributed by atoms with E-state index in [0.717, 1.165) is 17.2 Å². The van der Waals surface area contributed by atoms with Gasteiger partial charge < -0.3 is 0 Å². The van der Waals surface area contributed by atoms with Crippen LogP contribution in [0.15, 0.2) is 0 Å². The molecule has 0 fully saturated rings. The van der Waals surface area contributed by atoms with Crippen LogP contribution in [0.1, 0.15) is 0 Å². The smallest absolute Gasteiger partial charge is 0.0441 e. The molecule has 0 aliphatic carbocycles. The molecule has 0 aromatic heterocycles. The maximum absolute atomic E-state index is 2.27. The molecule has 0 aliphatic heterocycles. The second-order valence-corrected chi connectivity index (χ2v) is 21.5. The summed E-state index contributed by atoms with van der Waals surface area (Å²) in [4.78, 5) is 0. The van der Waals surface area contributed by atoms with Crippen LogP contribution in [0.2, 0.25) is 78.6 Å². The van der Waals surface area contributed by atoms with Crippen molar-refractivity contribution in [3.63, 3.8) is 0 Å². The second-order valence-electron chi connectivity index (χ2n) is 7.15. The molecule has 10 radical (unpaired) electrons. The first kappa shape index (κ1) is 50.8. The maximum Gasteiger partial charge on any atom is 0.0441 e. The van der Waals surface area contributed by atoms with Crippen molar-refractivity contribution >= 4 is 104 Å². The van der Waals surface area contributed by atoms with Crippen LogP contribution in [0.4, 0.5) is 0 Å². The average molecular weight is 649 g/mol. The van der Waals surface area contributed by atoms with Gasteiger partial charge in [0, 0.05) is 114 Å². The first-order valence-electron chi connectivity index (χ1n) is 8.31. The van der Waals surface area contributed by atoms with Crippen molar-refractivity contribution in [1.82, 2.24) is 0 Å². The standard InChI is InChI=1S/4C3H9Si.2C2H7P.2In/c4*1-4(2)3;2*1-3-2;;/h4*1-3H3;2*3H,1-2H3;;/p+2. The summed E-state index contributed by atoms with van der Waals surface area (Å²) in [5.74, 6) is 0. The summed E-state index contributed by atoms with van der Waals surface area (Å²) < 4.78 is 0. The fraction of sp³-hybridized carbons (Fsp3) is 1.00. The van der Waals surface area contributed by atoms with Crippen LogP contribution in [0, 0.1) is 0 Å². The zero-order valence-corrected chi connectivity index (χ0v) is 33.2. The third kappa shape index (κ3) is 1270. The monoisotopic (exact) mass is 648 g/mol. The van der Waals surface area contributed by atoms with Gasteiger partial charge in [-0.3, -0.25) is 0 Å². The summed E-state index contributed by atoms with van der Waals surface area (Å²) in [5, 5.41) is 0. The first-order chi connectivity index (χ1) is 9.76.